The van der Waals surface area contributed by atoms with E-state index in [9.17, 15) is 10.1 Å². The minimum absolute atomic E-state index is 0.0844. The van der Waals surface area contributed by atoms with Crippen LogP contribution in [0.5, 0.6) is 0 Å². The zero-order valence-electron chi connectivity index (χ0n) is 6.13. The van der Waals surface area contributed by atoms with Gasteiger partial charge in [-0.1, -0.05) is 0 Å². The second-order valence-electron chi connectivity index (χ2n) is 2.14. The summed E-state index contributed by atoms with van der Waals surface area (Å²) in [4.78, 5) is 13.8. The number of hydrogen-bond donors (Lipinski definition) is 0. The molecule has 1 rings (SSSR count). The summed E-state index contributed by atoms with van der Waals surface area (Å²) < 4.78 is 0.707. The van der Waals surface area contributed by atoms with Gasteiger partial charge in [-0.2, -0.15) is 0 Å². The summed E-state index contributed by atoms with van der Waals surface area (Å²) in [5.74, 6) is 0.182. The van der Waals surface area contributed by atoms with Crippen LogP contribution in [0.2, 0.25) is 0 Å². The van der Waals surface area contributed by atoms with Gasteiger partial charge in [0, 0.05) is 11.6 Å². The molecule has 0 unspecified atom stereocenters. The molecule has 0 bridgehead atoms. The van der Waals surface area contributed by atoms with Crippen LogP contribution in [-0.2, 0) is 5.88 Å². The Balaban J connectivity index is 3.30. The van der Waals surface area contributed by atoms with E-state index < -0.39 is 4.92 Å². The molecule has 0 aliphatic carbocycles. The third-order valence-corrected chi connectivity index (χ3v) is 2.88. The Labute approximate surface area is 95.7 Å². The SMILES string of the molecule is O=[N+]([O-])c1cc(CCl)c(Br)nc1Br. The van der Waals surface area contributed by atoms with Gasteiger partial charge in [0.15, 0.2) is 4.60 Å². The standard InChI is InChI=1S/C6H3Br2ClN2O2/c7-5-3(2-9)1-4(11(12)13)6(8)10-5/h1H,2H2. The van der Waals surface area contributed by atoms with Gasteiger partial charge in [0.2, 0.25) is 0 Å². The third-order valence-electron chi connectivity index (χ3n) is 1.32. The number of nitrogens with zero attached hydrogens (tertiary/aromatic N) is 2. The average molecular weight is 330 g/mol. The Morgan fingerprint density at radius 3 is 2.62 bits per heavy atom. The molecule has 70 valence electrons. The highest BCUT2D eigenvalue weighted by Gasteiger charge is 2.16. The van der Waals surface area contributed by atoms with Crippen molar-refractivity contribution >= 4 is 49.1 Å². The van der Waals surface area contributed by atoms with Crippen molar-refractivity contribution in [1.29, 1.82) is 0 Å². The molecule has 0 fully saturated rings. The van der Waals surface area contributed by atoms with Gasteiger partial charge in [-0.25, -0.2) is 4.98 Å². The van der Waals surface area contributed by atoms with Gasteiger partial charge in [-0.3, -0.25) is 10.1 Å². The molecule has 0 saturated heterocycles. The van der Waals surface area contributed by atoms with Gasteiger partial charge in [-0.15, -0.1) is 11.6 Å². The second-order valence-corrected chi connectivity index (χ2v) is 3.91. The van der Waals surface area contributed by atoms with Crippen molar-refractivity contribution < 1.29 is 4.92 Å². The van der Waals surface area contributed by atoms with Crippen LogP contribution in [0, 0.1) is 10.1 Å². The van der Waals surface area contributed by atoms with Crippen molar-refractivity contribution in [2.75, 3.05) is 0 Å². The smallest absolute Gasteiger partial charge is 0.258 e. The monoisotopic (exact) mass is 328 g/mol. The summed E-state index contributed by atoms with van der Waals surface area (Å²) in [6.07, 6.45) is 0. The molecular weight excluding hydrogens is 327 g/mol. The van der Waals surface area contributed by atoms with Gasteiger partial charge in [0.05, 0.1) is 10.8 Å². The quantitative estimate of drug-likeness (QED) is 0.362. The number of nitro groups is 1. The van der Waals surface area contributed by atoms with E-state index in [1.54, 1.807) is 0 Å². The van der Waals surface area contributed by atoms with E-state index >= 15 is 0 Å². The average Bonchev–Trinajstić information content (AvgIpc) is 2.03. The second kappa shape index (κ2) is 4.34. The van der Waals surface area contributed by atoms with Crippen molar-refractivity contribution in [2.45, 2.75) is 5.88 Å². The summed E-state index contributed by atoms with van der Waals surface area (Å²) >= 11 is 11.7. The molecule has 7 heteroatoms. The fourth-order valence-electron chi connectivity index (χ4n) is 0.721. The maximum Gasteiger partial charge on any atom is 0.302 e. The molecule has 0 N–H and O–H groups in total. The highest BCUT2D eigenvalue weighted by Crippen LogP contribution is 2.28. The van der Waals surface area contributed by atoms with E-state index in [-0.39, 0.29) is 16.2 Å². The number of alkyl halides is 1. The van der Waals surface area contributed by atoms with E-state index in [2.05, 4.69) is 36.8 Å². The van der Waals surface area contributed by atoms with E-state index in [1.807, 2.05) is 0 Å². The first kappa shape index (κ1) is 10.9. The first-order valence-corrected chi connectivity index (χ1v) is 5.23. The van der Waals surface area contributed by atoms with Crippen molar-refractivity contribution in [2.24, 2.45) is 0 Å². The normalized spacial score (nSPS) is 10.1. The van der Waals surface area contributed by atoms with Crippen molar-refractivity contribution in [3.63, 3.8) is 0 Å². The number of pyridine rings is 1. The zero-order valence-corrected chi connectivity index (χ0v) is 10.1. The lowest BCUT2D eigenvalue weighted by molar-refractivity contribution is -0.386. The molecule has 0 amide bonds. The van der Waals surface area contributed by atoms with Crippen LogP contribution in [0.25, 0.3) is 0 Å². The minimum atomic E-state index is -0.514. The fraction of sp³-hybridized carbons (Fsp3) is 0.167. The Bertz CT molecular complexity index is 359. The lowest BCUT2D eigenvalue weighted by Crippen LogP contribution is -1.95. The molecular formula is C6H3Br2ClN2O2. The predicted molar refractivity (Wildman–Crippen MR) is 55.8 cm³/mol. The van der Waals surface area contributed by atoms with Crippen LogP contribution in [0.1, 0.15) is 5.56 Å². The van der Waals surface area contributed by atoms with Gasteiger partial charge in [0.1, 0.15) is 4.60 Å². The molecule has 0 aromatic carbocycles. The van der Waals surface area contributed by atoms with Crippen LogP contribution in [0.15, 0.2) is 15.3 Å². The van der Waals surface area contributed by atoms with E-state index in [0.717, 1.165) is 0 Å². The number of hydrogen-bond acceptors (Lipinski definition) is 3. The topological polar surface area (TPSA) is 56.0 Å². The molecule has 0 aliphatic rings. The molecule has 4 nitrogen and oxygen atoms in total. The molecule has 1 heterocycles. The van der Waals surface area contributed by atoms with E-state index in [4.69, 9.17) is 11.6 Å². The number of halogens is 3. The zero-order chi connectivity index (χ0) is 10.0. The molecule has 1 aromatic heterocycles. The fourth-order valence-corrected chi connectivity index (χ4v) is 2.19. The first-order valence-electron chi connectivity index (χ1n) is 3.11. The van der Waals surface area contributed by atoms with E-state index in [0.29, 0.717) is 10.2 Å². The van der Waals surface area contributed by atoms with Gasteiger partial charge in [-0.05, 0) is 31.9 Å². The van der Waals surface area contributed by atoms with Crippen molar-refractivity contribution in [1.82, 2.24) is 4.98 Å². The number of aromatic nitrogens is 1. The molecule has 0 saturated carbocycles. The van der Waals surface area contributed by atoms with E-state index in [1.165, 1.54) is 6.07 Å². The maximum atomic E-state index is 10.5. The Kier molecular flexibility index (Phi) is 3.63. The Hall–Kier alpha value is -0.200. The Morgan fingerprint density at radius 1 is 1.54 bits per heavy atom. The highest BCUT2D eigenvalue weighted by molar-refractivity contribution is 9.11. The number of rotatable bonds is 2. The maximum absolute atomic E-state index is 10.5. The van der Waals surface area contributed by atoms with Gasteiger partial charge in [0.25, 0.3) is 0 Å². The summed E-state index contributed by atoms with van der Waals surface area (Å²) in [5, 5.41) is 10.5. The largest absolute Gasteiger partial charge is 0.302 e. The predicted octanol–water partition coefficient (Wildman–Crippen LogP) is 3.25. The lowest BCUT2D eigenvalue weighted by Gasteiger charge is -2.00. The highest BCUT2D eigenvalue weighted by atomic mass is 79.9. The minimum Gasteiger partial charge on any atom is -0.258 e. The molecule has 0 spiro atoms. The summed E-state index contributed by atoms with van der Waals surface area (Å²) in [6.45, 7) is 0. The van der Waals surface area contributed by atoms with Crippen LogP contribution in [0.4, 0.5) is 5.69 Å². The summed E-state index contributed by atoms with van der Waals surface area (Å²) in [6, 6.07) is 1.38. The van der Waals surface area contributed by atoms with Gasteiger partial charge < -0.3 is 0 Å². The third kappa shape index (κ3) is 2.38. The van der Waals surface area contributed by atoms with Gasteiger partial charge >= 0.3 is 5.69 Å². The molecule has 1 aromatic rings. The van der Waals surface area contributed by atoms with Crippen molar-refractivity contribution in [3.05, 3.63) is 31.0 Å². The molecule has 0 aliphatic heterocycles. The summed E-state index contributed by atoms with van der Waals surface area (Å²) in [7, 11) is 0. The first-order chi connectivity index (χ1) is 6.06. The molecule has 0 radical (unpaired) electrons. The molecule has 0 atom stereocenters. The van der Waals surface area contributed by atoms with Crippen LogP contribution < -0.4 is 0 Å². The van der Waals surface area contributed by atoms with Crippen LogP contribution in [-0.4, -0.2) is 9.91 Å². The summed E-state index contributed by atoms with van der Waals surface area (Å²) in [5.41, 5.74) is 0.510. The molecule has 13 heavy (non-hydrogen) atoms. The van der Waals surface area contributed by atoms with Crippen molar-refractivity contribution in [3.8, 4) is 0 Å². The Morgan fingerprint density at radius 2 is 2.15 bits per heavy atom. The lowest BCUT2D eigenvalue weighted by atomic mass is 10.3. The van der Waals surface area contributed by atoms with Crippen LogP contribution >= 0.6 is 43.5 Å². The van der Waals surface area contributed by atoms with Crippen LogP contribution in [0.3, 0.4) is 0 Å².